The Balaban J connectivity index is 2.16. The molecule has 1 aliphatic heterocycles. The van der Waals surface area contributed by atoms with Gasteiger partial charge >= 0.3 is 0 Å². The van der Waals surface area contributed by atoms with E-state index in [1.807, 2.05) is 24.3 Å². The Morgan fingerprint density at radius 1 is 1.11 bits per heavy atom. The minimum Gasteiger partial charge on any atom is -0.489 e. The Bertz CT molecular complexity index is 587. The van der Waals surface area contributed by atoms with Crippen LogP contribution < -0.4 is 4.74 Å². The molecule has 1 heterocycles. The van der Waals surface area contributed by atoms with Gasteiger partial charge in [0.25, 0.3) is 0 Å². The molecule has 0 spiro atoms. The van der Waals surface area contributed by atoms with E-state index in [2.05, 4.69) is 13.0 Å². The second-order valence-corrected chi connectivity index (χ2v) is 5.46. The fraction of sp³-hybridized carbons (Fsp3) is 0.200. The maximum absolute atomic E-state index is 6.05. The van der Waals surface area contributed by atoms with E-state index in [0.29, 0.717) is 10.0 Å². The maximum atomic E-state index is 6.05. The van der Waals surface area contributed by atoms with Gasteiger partial charge in [-0.25, -0.2) is 0 Å². The molecule has 1 aliphatic rings. The predicted octanol–water partition coefficient (Wildman–Crippen LogP) is 4.98. The third-order valence-corrected chi connectivity index (χ3v) is 3.53. The topological polar surface area (TPSA) is 9.23 Å². The zero-order valence-electron chi connectivity index (χ0n) is 9.91. The van der Waals surface area contributed by atoms with Crippen LogP contribution in [0.1, 0.15) is 12.5 Å². The van der Waals surface area contributed by atoms with Gasteiger partial charge in [-0.1, -0.05) is 41.4 Å². The monoisotopic (exact) mass is 278 g/mol. The maximum Gasteiger partial charge on any atom is 0.130 e. The highest BCUT2D eigenvalue weighted by molar-refractivity contribution is 6.35. The summed E-state index contributed by atoms with van der Waals surface area (Å²) in [6, 6.07) is 11.8. The molecule has 0 saturated heterocycles. The number of hydrogen-bond donors (Lipinski definition) is 0. The fourth-order valence-electron chi connectivity index (χ4n) is 2.37. The molecule has 1 nitrogen and oxygen atoms in total. The SMILES string of the molecule is CC1Cc2cccc(-c3cc(Cl)cc(Cl)c3)c2O1. The molecule has 0 fully saturated rings. The van der Waals surface area contributed by atoms with Gasteiger partial charge in [-0.3, -0.25) is 0 Å². The van der Waals surface area contributed by atoms with Gasteiger partial charge in [0.2, 0.25) is 0 Å². The molecular weight excluding hydrogens is 267 g/mol. The molecule has 1 atom stereocenters. The number of hydrogen-bond acceptors (Lipinski definition) is 1. The van der Waals surface area contributed by atoms with Crippen molar-refractivity contribution in [3.63, 3.8) is 0 Å². The van der Waals surface area contributed by atoms with Crippen LogP contribution in [-0.2, 0) is 6.42 Å². The van der Waals surface area contributed by atoms with E-state index in [1.54, 1.807) is 6.07 Å². The number of rotatable bonds is 1. The van der Waals surface area contributed by atoms with Crippen molar-refractivity contribution in [3.8, 4) is 16.9 Å². The zero-order valence-corrected chi connectivity index (χ0v) is 11.4. The van der Waals surface area contributed by atoms with E-state index < -0.39 is 0 Å². The Kier molecular flexibility index (Phi) is 2.96. The predicted molar refractivity (Wildman–Crippen MR) is 75.7 cm³/mol. The largest absolute Gasteiger partial charge is 0.489 e. The lowest BCUT2D eigenvalue weighted by Gasteiger charge is -2.10. The van der Waals surface area contributed by atoms with Crippen LogP contribution in [0.3, 0.4) is 0 Å². The molecular formula is C15H12Cl2O. The average Bonchev–Trinajstić information content (AvgIpc) is 2.67. The molecule has 1 unspecified atom stereocenters. The lowest BCUT2D eigenvalue weighted by Crippen LogP contribution is -2.05. The lowest BCUT2D eigenvalue weighted by atomic mass is 10.0. The summed E-state index contributed by atoms with van der Waals surface area (Å²) in [5, 5.41) is 1.28. The number of halogens is 2. The van der Waals surface area contributed by atoms with Crippen LogP contribution >= 0.6 is 23.2 Å². The van der Waals surface area contributed by atoms with Crippen LogP contribution in [0.4, 0.5) is 0 Å². The first-order valence-electron chi connectivity index (χ1n) is 5.88. The van der Waals surface area contributed by atoms with Gasteiger partial charge in [-0.05, 0) is 36.2 Å². The van der Waals surface area contributed by atoms with E-state index in [4.69, 9.17) is 27.9 Å². The summed E-state index contributed by atoms with van der Waals surface area (Å²) in [6.07, 6.45) is 1.19. The first-order valence-corrected chi connectivity index (χ1v) is 6.64. The lowest BCUT2D eigenvalue weighted by molar-refractivity contribution is 0.255. The Hall–Kier alpha value is -1.18. The standard InChI is InChI=1S/C15H12Cl2O/c1-9-5-10-3-2-4-14(15(10)18-9)11-6-12(16)8-13(17)7-11/h2-4,6-9H,5H2,1H3. The van der Waals surface area contributed by atoms with Gasteiger partial charge in [0.15, 0.2) is 0 Å². The molecule has 0 aromatic heterocycles. The first-order chi connectivity index (χ1) is 8.63. The molecule has 3 heteroatoms. The molecule has 0 radical (unpaired) electrons. The molecule has 18 heavy (non-hydrogen) atoms. The summed E-state index contributed by atoms with van der Waals surface area (Å²) in [5.41, 5.74) is 3.30. The highest BCUT2D eigenvalue weighted by Gasteiger charge is 2.22. The van der Waals surface area contributed by atoms with Gasteiger partial charge < -0.3 is 4.74 Å². The van der Waals surface area contributed by atoms with Gasteiger partial charge in [-0.2, -0.15) is 0 Å². The molecule has 0 saturated carbocycles. The van der Waals surface area contributed by atoms with Crippen molar-refractivity contribution in [2.45, 2.75) is 19.4 Å². The second-order valence-electron chi connectivity index (χ2n) is 4.58. The normalized spacial score (nSPS) is 17.4. The summed E-state index contributed by atoms with van der Waals surface area (Å²) in [7, 11) is 0. The van der Waals surface area contributed by atoms with Gasteiger partial charge in [-0.15, -0.1) is 0 Å². The molecule has 2 aromatic carbocycles. The number of benzene rings is 2. The van der Waals surface area contributed by atoms with Crippen molar-refractivity contribution in [1.82, 2.24) is 0 Å². The van der Waals surface area contributed by atoms with E-state index >= 15 is 0 Å². The van der Waals surface area contributed by atoms with Gasteiger partial charge in [0.1, 0.15) is 11.9 Å². The summed E-state index contributed by atoms with van der Waals surface area (Å²) in [4.78, 5) is 0. The van der Waals surface area contributed by atoms with Crippen LogP contribution in [0.15, 0.2) is 36.4 Å². The number of para-hydroxylation sites is 1. The van der Waals surface area contributed by atoms with Gasteiger partial charge in [0, 0.05) is 22.0 Å². The Morgan fingerprint density at radius 3 is 2.56 bits per heavy atom. The van der Waals surface area contributed by atoms with Crippen molar-refractivity contribution in [1.29, 1.82) is 0 Å². The molecule has 92 valence electrons. The molecule has 3 rings (SSSR count). The third-order valence-electron chi connectivity index (χ3n) is 3.10. The zero-order chi connectivity index (χ0) is 12.7. The molecule has 0 N–H and O–H groups in total. The second kappa shape index (κ2) is 4.49. The highest BCUT2D eigenvalue weighted by Crippen LogP contribution is 2.40. The summed E-state index contributed by atoms with van der Waals surface area (Å²) in [5.74, 6) is 0.961. The summed E-state index contributed by atoms with van der Waals surface area (Å²) >= 11 is 12.1. The van der Waals surface area contributed by atoms with E-state index in [9.17, 15) is 0 Å². The third kappa shape index (κ3) is 2.09. The number of fused-ring (bicyclic) bond motifs is 1. The van der Waals surface area contributed by atoms with E-state index in [-0.39, 0.29) is 6.10 Å². The molecule has 0 amide bonds. The smallest absolute Gasteiger partial charge is 0.130 e. The Morgan fingerprint density at radius 2 is 1.83 bits per heavy atom. The van der Waals surface area contributed by atoms with Crippen LogP contribution in [0.25, 0.3) is 11.1 Å². The van der Waals surface area contributed by atoms with Crippen LogP contribution in [0.2, 0.25) is 10.0 Å². The summed E-state index contributed by atoms with van der Waals surface area (Å²) in [6.45, 7) is 2.08. The summed E-state index contributed by atoms with van der Waals surface area (Å²) < 4.78 is 5.89. The first kappa shape index (κ1) is 11.9. The molecule has 0 bridgehead atoms. The van der Waals surface area contributed by atoms with Crippen LogP contribution in [-0.4, -0.2) is 6.10 Å². The molecule has 2 aromatic rings. The Labute approximate surface area is 116 Å². The highest BCUT2D eigenvalue weighted by atomic mass is 35.5. The van der Waals surface area contributed by atoms with E-state index in [1.165, 1.54) is 5.56 Å². The fourth-order valence-corrected chi connectivity index (χ4v) is 2.90. The molecule has 0 aliphatic carbocycles. The van der Waals surface area contributed by atoms with Crippen LogP contribution in [0, 0.1) is 0 Å². The van der Waals surface area contributed by atoms with Crippen molar-refractivity contribution in [3.05, 3.63) is 52.0 Å². The minimum absolute atomic E-state index is 0.232. The van der Waals surface area contributed by atoms with Crippen LogP contribution in [0.5, 0.6) is 5.75 Å². The van der Waals surface area contributed by atoms with Crippen molar-refractivity contribution in [2.24, 2.45) is 0 Å². The number of ether oxygens (including phenoxy) is 1. The quantitative estimate of drug-likeness (QED) is 0.715. The van der Waals surface area contributed by atoms with E-state index in [0.717, 1.165) is 23.3 Å². The minimum atomic E-state index is 0.232. The van der Waals surface area contributed by atoms with Gasteiger partial charge in [0.05, 0.1) is 0 Å². The average molecular weight is 279 g/mol. The van der Waals surface area contributed by atoms with Crippen molar-refractivity contribution < 1.29 is 4.74 Å². The van der Waals surface area contributed by atoms with Crippen molar-refractivity contribution >= 4 is 23.2 Å². The van der Waals surface area contributed by atoms with Crippen molar-refractivity contribution in [2.75, 3.05) is 0 Å².